The normalized spacial score (nSPS) is 12.9. The summed E-state index contributed by atoms with van der Waals surface area (Å²) in [4.78, 5) is 0. The van der Waals surface area contributed by atoms with Gasteiger partial charge in [0, 0.05) is 16.7 Å². The first kappa shape index (κ1) is 11.0. The van der Waals surface area contributed by atoms with Gasteiger partial charge in [0.2, 0.25) is 0 Å². The minimum Gasteiger partial charge on any atom is -0.398 e. The smallest absolute Gasteiger partial charge is 0.279 e. The quantitative estimate of drug-likeness (QED) is 0.689. The number of nitrogen functional groups attached to an aromatic ring is 1. The van der Waals surface area contributed by atoms with Gasteiger partial charge < -0.3 is 5.73 Å². The van der Waals surface area contributed by atoms with Crippen molar-refractivity contribution in [3.8, 4) is 0 Å². The molecule has 0 fully saturated rings. The zero-order valence-corrected chi connectivity index (χ0v) is 8.64. The molecule has 0 aliphatic rings. The molecule has 1 aromatic carbocycles. The molecular formula is C11H15F2N. The molecule has 3 heteroatoms. The molecule has 78 valence electrons. The number of nitrogens with two attached hydrogens (primary N) is 1. The Morgan fingerprint density at radius 3 is 2.00 bits per heavy atom. The minimum absolute atomic E-state index is 0.0903. The van der Waals surface area contributed by atoms with Crippen molar-refractivity contribution in [2.75, 3.05) is 5.73 Å². The lowest BCUT2D eigenvalue weighted by Crippen LogP contribution is -2.31. The first-order valence-corrected chi connectivity index (χ1v) is 4.49. The van der Waals surface area contributed by atoms with Crippen LogP contribution in [0.4, 0.5) is 14.5 Å². The third-order valence-electron chi connectivity index (χ3n) is 2.24. The highest BCUT2D eigenvalue weighted by atomic mass is 19.3. The van der Waals surface area contributed by atoms with Crippen LogP contribution in [0, 0.1) is 5.41 Å². The average molecular weight is 199 g/mol. The summed E-state index contributed by atoms with van der Waals surface area (Å²) in [6, 6.07) is 6.10. The highest BCUT2D eigenvalue weighted by Gasteiger charge is 2.45. The molecule has 0 amide bonds. The van der Waals surface area contributed by atoms with Crippen molar-refractivity contribution in [2.24, 2.45) is 5.41 Å². The van der Waals surface area contributed by atoms with Crippen LogP contribution in [0.25, 0.3) is 0 Å². The maximum absolute atomic E-state index is 13.8. The Morgan fingerprint density at radius 2 is 1.57 bits per heavy atom. The van der Waals surface area contributed by atoms with Gasteiger partial charge >= 0.3 is 0 Å². The van der Waals surface area contributed by atoms with Gasteiger partial charge in [-0.2, -0.15) is 0 Å². The second kappa shape index (κ2) is 3.23. The van der Waals surface area contributed by atoms with Crippen LogP contribution in [0.2, 0.25) is 0 Å². The summed E-state index contributed by atoms with van der Waals surface area (Å²) in [5.41, 5.74) is 4.46. The summed E-state index contributed by atoms with van der Waals surface area (Å²) >= 11 is 0. The van der Waals surface area contributed by atoms with Gasteiger partial charge in [-0.15, -0.1) is 0 Å². The molecule has 0 saturated carbocycles. The van der Waals surface area contributed by atoms with Crippen molar-refractivity contribution < 1.29 is 8.78 Å². The van der Waals surface area contributed by atoms with Crippen LogP contribution in [0.5, 0.6) is 0 Å². The Balaban J connectivity index is 3.23. The number of hydrogen-bond acceptors (Lipinski definition) is 1. The Morgan fingerprint density at radius 1 is 1.07 bits per heavy atom. The Hall–Kier alpha value is -1.12. The molecule has 0 heterocycles. The highest BCUT2D eigenvalue weighted by Crippen LogP contribution is 2.46. The maximum atomic E-state index is 13.8. The van der Waals surface area contributed by atoms with E-state index in [1.54, 1.807) is 12.1 Å². The number of alkyl halides is 2. The van der Waals surface area contributed by atoms with Gasteiger partial charge in [-0.25, -0.2) is 8.78 Å². The Labute approximate surface area is 82.9 Å². The highest BCUT2D eigenvalue weighted by molar-refractivity contribution is 5.49. The molecule has 0 bridgehead atoms. The fourth-order valence-corrected chi connectivity index (χ4v) is 1.19. The van der Waals surface area contributed by atoms with Crippen molar-refractivity contribution in [1.29, 1.82) is 0 Å². The lowest BCUT2D eigenvalue weighted by Gasteiger charge is -2.31. The summed E-state index contributed by atoms with van der Waals surface area (Å²) in [5.74, 6) is -2.90. The largest absolute Gasteiger partial charge is 0.398 e. The van der Waals surface area contributed by atoms with Crippen LogP contribution in [-0.2, 0) is 5.92 Å². The summed E-state index contributed by atoms with van der Waals surface area (Å²) < 4.78 is 27.7. The third kappa shape index (κ3) is 1.72. The van der Waals surface area contributed by atoms with E-state index in [1.807, 2.05) is 0 Å². The minimum atomic E-state index is -2.90. The number of halogens is 2. The monoisotopic (exact) mass is 199 g/mol. The van der Waals surface area contributed by atoms with Crippen LogP contribution in [-0.4, -0.2) is 0 Å². The van der Waals surface area contributed by atoms with Crippen molar-refractivity contribution in [2.45, 2.75) is 26.7 Å². The second-order valence-electron chi connectivity index (χ2n) is 4.41. The van der Waals surface area contributed by atoms with Gasteiger partial charge in [-0.05, 0) is 6.07 Å². The number of rotatable bonds is 1. The zero-order valence-electron chi connectivity index (χ0n) is 8.64. The van der Waals surface area contributed by atoms with Crippen LogP contribution < -0.4 is 5.73 Å². The van der Waals surface area contributed by atoms with Crippen molar-refractivity contribution in [1.82, 2.24) is 0 Å². The first-order chi connectivity index (χ1) is 6.27. The SMILES string of the molecule is CC(C)(C)C(F)(F)c1ccccc1N. The van der Waals surface area contributed by atoms with Gasteiger partial charge in [0.25, 0.3) is 5.92 Å². The number of hydrogen-bond donors (Lipinski definition) is 1. The summed E-state index contributed by atoms with van der Waals surface area (Å²) in [6.45, 7) is 4.50. The molecule has 1 rings (SSSR count). The molecule has 0 aliphatic heterocycles. The van der Waals surface area contributed by atoms with E-state index in [0.29, 0.717) is 0 Å². The molecule has 0 atom stereocenters. The summed E-state index contributed by atoms with van der Waals surface area (Å²) in [6.07, 6.45) is 0. The topological polar surface area (TPSA) is 26.0 Å². The van der Waals surface area contributed by atoms with Crippen LogP contribution in [0.15, 0.2) is 24.3 Å². The van der Waals surface area contributed by atoms with E-state index in [4.69, 9.17) is 5.73 Å². The van der Waals surface area contributed by atoms with Crippen LogP contribution in [0.3, 0.4) is 0 Å². The Kier molecular flexibility index (Phi) is 2.52. The van der Waals surface area contributed by atoms with Gasteiger partial charge in [0.1, 0.15) is 0 Å². The lowest BCUT2D eigenvalue weighted by molar-refractivity contribution is -0.103. The lowest BCUT2D eigenvalue weighted by atomic mass is 9.83. The van der Waals surface area contributed by atoms with Crippen LogP contribution >= 0.6 is 0 Å². The fraction of sp³-hybridized carbons (Fsp3) is 0.455. The summed E-state index contributed by atoms with van der Waals surface area (Å²) in [5, 5.41) is 0. The molecule has 14 heavy (non-hydrogen) atoms. The number of anilines is 1. The predicted octanol–water partition coefficient (Wildman–Crippen LogP) is 3.41. The molecular weight excluding hydrogens is 184 g/mol. The molecule has 2 N–H and O–H groups in total. The van der Waals surface area contributed by atoms with Crippen LogP contribution in [0.1, 0.15) is 26.3 Å². The molecule has 0 unspecified atom stereocenters. The van der Waals surface area contributed by atoms with E-state index >= 15 is 0 Å². The van der Waals surface area contributed by atoms with Crippen molar-refractivity contribution in [3.05, 3.63) is 29.8 Å². The van der Waals surface area contributed by atoms with E-state index in [0.717, 1.165) is 0 Å². The van der Waals surface area contributed by atoms with Crippen molar-refractivity contribution >= 4 is 5.69 Å². The van der Waals surface area contributed by atoms with Gasteiger partial charge in [-0.1, -0.05) is 39.0 Å². The summed E-state index contributed by atoms with van der Waals surface area (Å²) in [7, 11) is 0. The maximum Gasteiger partial charge on any atom is 0.279 e. The predicted molar refractivity (Wildman–Crippen MR) is 54.2 cm³/mol. The molecule has 0 saturated heterocycles. The molecule has 0 aromatic heterocycles. The van der Waals surface area contributed by atoms with Gasteiger partial charge in [0.05, 0.1) is 0 Å². The van der Waals surface area contributed by atoms with E-state index in [9.17, 15) is 8.78 Å². The molecule has 0 radical (unpaired) electrons. The van der Waals surface area contributed by atoms with E-state index in [2.05, 4.69) is 0 Å². The van der Waals surface area contributed by atoms with E-state index < -0.39 is 11.3 Å². The average Bonchev–Trinajstić information content (AvgIpc) is 2.02. The zero-order chi connectivity index (χ0) is 11.0. The number of benzene rings is 1. The Bertz CT molecular complexity index is 326. The molecule has 1 nitrogen and oxygen atoms in total. The number of para-hydroxylation sites is 1. The van der Waals surface area contributed by atoms with Gasteiger partial charge in [0.15, 0.2) is 0 Å². The van der Waals surface area contributed by atoms with E-state index in [1.165, 1.54) is 32.9 Å². The molecule has 0 aliphatic carbocycles. The van der Waals surface area contributed by atoms with E-state index in [-0.39, 0.29) is 11.3 Å². The molecule has 0 spiro atoms. The molecule has 1 aromatic rings. The van der Waals surface area contributed by atoms with Crippen molar-refractivity contribution in [3.63, 3.8) is 0 Å². The first-order valence-electron chi connectivity index (χ1n) is 4.49. The second-order valence-corrected chi connectivity index (χ2v) is 4.41. The third-order valence-corrected chi connectivity index (χ3v) is 2.24. The van der Waals surface area contributed by atoms with Gasteiger partial charge in [-0.3, -0.25) is 0 Å². The fourth-order valence-electron chi connectivity index (χ4n) is 1.19. The standard InChI is InChI=1S/C11H15F2N/c1-10(2,3)11(12,13)8-6-4-5-7-9(8)14/h4-7H,14H2,1-3H3.